The summed E-state index contributed by atoms with van der Waals surface area (Å²) in [6, 6.07) is 12.6. The van der Waals surface area contributed by atoms with Gasteiger partial charge in [0.05, 0.1) is 0 Å². The summed E-state index contributed by atoms with van der Waals surface area (Å²) in [5, 5.41) is 3.35. The van der Waals surface area contributed by atoms with E-state index >= 15 is 0 Å². The van der Waals surface area contributed by atoms with Crippen molar-refractivity contribution in [1.29, 1.82) is 0 Å². The number of anilines is 2. The number of aromatic amines is 1. The molecule has 1 fully saturated rings. The number of H-pyrrole nitrogens is 1. The highest BCUT2D eigenvalue weighted by molar-refractivity contribution is 7.99. The van der Waals surface area contributed by atoms with Crippen LogP contribution in [0.4, 0.5) is 11.5 Å². The predicted octanol–water partition coefficient (Wildman–Crippen LogP) is 3.61. The molecule has 0 spiro atoms. The van der Waals surface area contributed by atoms with Crippen LogP contribution in [0.15, 0.2) is 47.4 Å². The minimum atomic E-state index is -0.110. The van der Waals surface area contributed by atoms with E-state index < -0.39 is 0 Å². The molecule has 6 nitrogen and oxygen atoms in total. The third kappa shape index (κ3) is 4.62. The third-order valence-corrected chi connectivity index (χ3v) is 6.16. The molecule has 2 N–H and O–H groups in total. The van der Waals surface area contributed by atoms with Crippen molar-refractivity contribution in [2.45, 2.75) is 20.4 Å². The number of nitrogens with zero attached hydrogens (tertiary/aromatic N) is 3. The fourth-order valence-corrected chi connectivity index (χ4v) is 4.16. The molecule has 7 heteroatoms. The zero-order chi connectivity index (χ0) is 20.2. The number of rotatable bonds is 5. The maximum atomic E-state index is 12.0. The van der Waals surface area contributed by atoms with Gasteiger partial charge in [-0.3, -0.25) is 4.79 Å². The highest BCUT2D eigenvalue weighted by Gasteiger charge is 2.11. The number of nitrogens with one attached hydrogen (secondary N) is 2. The molecule has 0 aliphatic carbocycles. The summed E-state index contributed by atoms with van der Waals surface area (Å²) in [5.41, 5.74) is 4.57. The van der Waals surface area contributed by atoms with Gasteiger partial charge in [0.1, 0.15) is 11.6 Å². The average molecular weight is 408 g/mol. The molecule has 3 aromatic rings. The van der Waals surface area contributed by atoms with Gasteiger partial charge < -0.3 is 15.2 Å². The van der Waals surface area contributed by atoms with Gasteiger partial charge in [-0.25, -0.2) is 9.97 Å². The van der Waals surface area contributed by atoms with Gasteiger partial charge in [-0.05, 0) is 43.7 Å². The molecule has 1 saturated heterocycles. The van der Waals surface area contributed by atoms with E-state index in [-0.39, 0.29) is 5.56 Å². The third-order valence-electron chi connectivity index (χ3n) is 5.22. The van der Waals surface area contributed by atoms with Crippen molar-refractivity contribution in [2.75, 3.05) is 34.8 Å². The summed E-state index contributed by atoms with van der Waals surface area (Å²) in [7, 11) is 0. The Morgan fingerprint density at radius 2 is 1.86 bits per heavy atom. The molecular formula is C22H25N5OS. The van der Waals surface area contributed by atoms with Gasteiger partial charge in [0.15, 0.2) is 0 Å². The molecule has 1 aliphatic rings. The maximum absolute atomic E-state index is 12.0. The number of benzene rings is 1. The van der Waals surface area contributed by atoms with Crippen LogP contribution in [0.25, 0.3) is 11.4 Å². The summed E-state index contributed by atoms with van der Waals surface area (Å²) in [4.78, 5) is 26.1. The zero-order valence-electron chi connectivity index (χ0n) is 16.7. The van der Waals surface area contributed by atoms with Gasteiger partial charge in [0, 0.05) is 59.8 Å². The van der Waals surface area contributed by atoms with Gasteiger partial charge >= 0.3 is 0 Å². The van der Waals surface area contributed by atoms with Crippen LogP contribution in [0.3, 0.4) is 0 Å². The first-order valence-electron chi connectivity index (χ1n) is 9.79. The van der Waals surface area contributed by atoms with Crippen molar-refractivity contribution in [3.8, 4) is 11.4 Å². The van der Waals surface area contributed by atoms with E-state index in [0.717, 1.165) is 30.2 Å². The van der Waals surface area contributed by atoms with Crippen LogP contribution < -0.4 is 15.8 Å². The number of aryl methyl sites for hydroxylation is 1. The summed E-state index contributed by atoms with van der Waals surface area (Å²) in [6.45, 7) is 6.57. The number of aromatic nitrogens is 3. The molecule has 1 aliphatic heterocycles. The molecule has 3 heterocycles. The summed E-state index contributed by atoms with van der Waals surface area (Å²) in [5.74, 6) is 3.74. The fraction of sp³-hybridized carbons (Fsp3) is 0.318. The van der Waals surface area contributed by atoms with Crippen LogP contribution in [0.1, 0.15) is 16.8 Å². The summed E-state index contributed by atoms with van der Waals surface area (Å²) >= 11 is 2.02. The lowest BCUT2D eigenvalue weighted by Crippen LogP contribution is -2.32. The molecule has 2 aromatic heterocycles. The first-order valence-corrected chi connectivity index (χ1v) is 10.9. The highest BCUT2D eigenvalue weighted by Crippen LogP contribution is 2.20. The molecule has 0 saturated carbocycles. The molecule has 4 rings (SSSR count). The van der Waals surface area contributed by atoms with E-state index in [2.05, 4.69) is 49.4 Å². The zero-order valence-corrected chi connectivity index (χ0v) is 17.6. The monoisotopic (exact) mass is 407 g/mol. The molecule has 29 heavy (non-hydrogen) atoms. The Morgan fingerprint density at radius 3 is 2.52 bits per heavy atom. The molecule has 0 bridgehead atoms. The van der Waals surface area contributed by atoms with E-state index in [1.54, 1.807) is 13.1 Å². The van der Waals surface area contributed by atoms with Crippen LogP contribution in [0, 0.1) is 13.8 Å². The van der Waals surface area contributed by atoms with Gasteiger partial charge in [-0.15, -0.1) is 0 Å². The lowest BCUT2D eigenvalue weighted by atomic mass is 10.2. The topological polar surface area (TPSA) is 73.9 Å². The smallest absolute Gasteiger partial charge is 0.254 e. The van der Waals surface area contributed by atoms with Crippen molar-refractivity contribution < 1.29 is 0 Å². The van der Waals surface area contributed by atoms with Crippen LogP contribution >= 0.6 is 11.8 Å². The Bertz CT molecular complexity index is 1020. The predicted molar refractivity (Wildman–Crippen MR) is 121 cm³/mol. The molecule has 1 aromatic carbocycles. The molecule has 0 unspecified atom stereocenters. The Morgan fingerprint density at radius 1 is 1.10 bits per heavy atom. The number of pyridine rings is 1. The van der Waals surface area contributed by atoms with Crippen molar-refractivity contribution >= 4 is 23.3 Å². The quantitative estimate of drug-likeness (QED) is 0.673. The van der Waals surface area contributed by atoms with Crippen molar-refractivity contribution in [1.82, 2.24) is 15.0 Å². The molecule has 0 amide bonds. The Labute approximate surface area is 174 Å². The van der Waals surface area contributed by atoms with Crippen LogP contribution in [0.2, 0.25) is 0 Å². The van der Waals surface area contributed by atoms with E-state index in [1.165, 1.54) is 22.8 Å². The number of hydrogen-bond donors (Lipinski definition) is 2. The van der Waals surface area contributed by atoms with Gasteiger partial charge in [0.25, 0.3) is 5.56 Å². The van der Waals surface area contributed by atoms with Crippen molar-refractivity contribution in [3.05, 3.63) is 69.8 Å². The van der Waals surface area contributed by atoms with E-state index in [4.69, 9.17) is 0 Å². The minimum Gasteiger partial charge on any atom is -0.370 e. The molecular weight excluding hydrogens is 382 g/mol. The molecule has 0 radical (unpaired) electrons. The van der Waals surface area contributed by atoms with Crippen LogP contribution in [0.5, 0.6) is 0 Å². The summed E-state index contributed by atoms with van der Waals surface area (Å²) < 4.78 is 0. The Balaban J connectivity index is 1.38. The first kappa shape index (κ1) is 19.5. The first-order chi connectivity index (χ1) is 14.1. The van der Waals surface area contributed by atoms with Crippen LogP contribution in [-0.2, 0) is 6.54 Å². The minimum absolute atomic E-state index is 0.110. The number of thioether (sulfide) groups is 1. The second-order valence-electron chi connectivity index (χ2n) is 7.18. The molecule has 150 valence electrons. The normalized spacial score (nSPS) is 14.1. The summed E-state index contributed by atoms with van der Waals surface area (Å²) in [6.07, 6.45) is 1.73. The second-order valence-corrected chi connectivity index (χ2v) is 8.40. The Kier molecular flexibility index (Phi) is 5.85. The average Bonchev–Trinajstić information content (AvgIpc) is 2.77. The van der Waals surface area contributed by atoms with E-state index in [1.807, 2.05) is 30.8 Å². The second kappa shape index (κ2) is 8.69. The standard InChI is InChI=1S/C22H25N5OS/c1-15-16(2)25-21(26-22(15)28)18-5-8-20(24-14-18)23-13-17-3-6-19(7-4-17)27-9-11-29-12-10-27/h3-8,14H,9-13H2,1-2H3,(H,23,24)(H,25,26,28). The van der Waals surface area contributed by atoms with E-state index in [9.17, 15) is 4.79 Å². The fourth-order valence-electron chi connectivity index (χ4n) is 3.26. The van der Waals surface area contributed by atoms with Crippen molar-refractivity contribution in [2.24, 2.45) is 0 Å². The van der Waals surface area contributed by atoms with Crippen molar-refractivity contribution in [3.63, 3.8) is 0 Å². The SMILES string of the molecule is Cc1nc(-c2ccc(NCc3ccc(N4CCSCC4)cc3)nc2)[nH]c(=O)c1C. The maximum Gasteiger partial charge on any atom is 0.254 e. The largest absolute Gasteiger partial charge is 0.370 e. The van der Waals surface area contributed by atoms with E-state index in [0.29, 0.717) is 17.9 Å². The Hall–Kier alpha value is -2.80. The molecule has 0 atom stereocenters. The van der Waals surface area contributed by atoms with Crippen LogP contribution in [-0.4, -0.2) is 39.5 Å². The lowest BCUT2D eigenvalue weighted by Gasteiger charge is -2.28. The number of hydrogen-bond acceptors (Lipinski definition) is 6. The van der Waals surface area contributed by atoms with Gasteiger partial charge in [-0.2, -0.15) is 11.8 Å². The highest BCUT2D eigenvalue weighted by atomic mass is 32.2. The van der Waals surface area contributed by atoms with Gasteiger partial charge in [-0.1, -0.05) is 12.1 Å². The lowest BCUT2D eigenvalue weighted by molar-refractivity contribution is 0.858. The van der Waals surface area contributed by atoms with Gasteiger partial charge in [0.2, 0.25) is 0 Å².